The first-order chi connectivity index (χ1) is 8.56. The minimum Gasteiger partial charge on any atom is -0.457 e. The Kier molecular flexibility index (Phi) is 3.58. The van der Waals surface area contributed by atoms with Crippen LogP contribution in [0.1, 0.15) is 5.56 Å². The number of hydrogen-bond donors (Lipinski definition) is 0. The van der Waals surface area contributed by atoms with Crippen molar-refractivity contribution in [3.63, 3.8) is 0 Å². The van der Waals surface area contributed by atoms with Gasteiger partial charge in [0, 0.05) is 16.6 Å². The van der Waals surface area contributed by atoms with E-state index < -0.39 is 11.6 Å². The predicted octanol–water partition coefficient (Wildman–Crippen LogP) is 4.39. The molecule has 0 amide bonds. The summed E-state index contributed by atoms with van der Waals surface area (Å²) in [6.07, 6.45) is 0. The van der Waals surface area contributed by atoms with Crippen LogP contribution in [0.15, 0.2) is 40.9 Å². The van der Waals surface area contributed by atoms with Crippen LogP contribution in [0.5, 0.6) is 11.5 Å². The van der Waals surface area contributed by atoms with Crippen LogP contribution in [0.25, 0.3) is 0 Å². The zero-order chi connectivity index (χ0) is 13.1. The van der Waals surface area contributed by atoms with Crippen molar-refractivity contribution in [2.75, 3.05) is 0 Å². The summed E-state index contributed by atoms with van der Waals surface area (Å²) < 4.78 is 32.1. The highest BCUT2D eigenvalue weighted by Crippen LogP contribution is 2.27. The van der Waals surface area contributed by atoms with Crippen molar-refractivity contribution in [1.82, 2.24) is 0 Å². The molecule has 0 saturated carbocycles. The number of rotatable bonds is 2. The summed E-state index contributed by atoms with van der Waals surface area (Å²) in [5.41, 5.74) is 0.139. The lowest BCUT2D eigenvalue weighted by atomic mass is 10.2. The molecule has 0 fully saturated rings. The van der Waals surface area contributed by atoms with E-state index in [0.29, 0.717) is 4.47 Å². The summed E-state index contributed by atoms with van der Waals surface area (Å²) in [7, 11) is 0. The normalized spacial score (nSPS) is 9.89. The maximum atomic E-state index is 13.2. The van der Waals surface area contributed by atoms with Crippen molar-refractivity contribution in [3.05, 3.63) is 58.1 Å². The second kappa shape index (κ2) is 5.15. The van der Waals surface area contributed by atoms with Crippen LogP contribution in [0, 0.1) is 23.0 Å². The van der Waals surface area contributed by atoms with Crippen molar-refractivity contribution >= 4 is 15.9 Å². The second-order valence-corrected chi connectivity index (χ2v) is 4.41. The molecule has 0 aliphatic heterocycles. The fourth-order valence-corrected chi connectivity index (χ4v) is 1.85. The van der Waals surface area contributed by atoms with E-state index >= 15 is 0 Å². The molecule has 18 heavy (non-hydrogen) atoms. The quantitative estimate of drug-likeness (QED) is 0.824. The van der Waals surface area contributed by atoms with Crippen LogP contribution >= 0.6 is 15.9 Å². The summed E-state index contributed by atoms with van der Waals surface area (Å²) >= 11 is 3.12. The third-order valence-electron chi connectivity index (χ3n) is 2.07. The fraction of sp³-hybridized carbons (Fsp3) is 0. The summed E-state index contributed by atoms with van der Waals surface area (Å²) in [4.78, 5) is 0. The van der Waals surface area contributed by atoms with Crippen molar-refractivity contribution in [1.29, 1.82) is 5.26 Å². The van der Waals surface area contributed by atoms with Gasteiger partial charge in [0.15, 0.2) is 0 Å². The van der Waals surface area contributed by atoms with Gasteiger partial charge in [0.05, 0.1) is 11.6 Å². The van der Waals surface area contributed by atoms with Crippen LogP contribution in [-0.2, 0) is 0 Å². The molecule has 0 aliphatic carbocycles. The minimum absolute atomic E-state index is 0.139. The molecule has 0 atom stereocenters. The number of nitriles is 1. The van der Waals surface area contributed by atoms with Gasteiger partial charge in [-0.25, -0.2) is 8.78 Å². The average molecular weight is 310 g/mol. The third kappa shape index (κ3) is 3.05. The lowest BCUT2D eigenvalue weighted by Gasteiger charge is -2.07. The van der Waals surface area contributed by atoms with Crippen LogP contribution < -0.4 is 4.74 Å². The molecule has 0 bridgehead atoms. The van der Waals surface area contributed by atoms with Gasteiger partial charge in [0.2, 0.25) is 0 Å². The van der Waals surface area contributed by atoms with E-state index in [1.165, 1.54) is 18.2 Å². The van der Waals surface area contributed by atoms with Crippen molar-refractivity contribution in [2.24, 2.45) is 0 Å². The minimum atomic E-state index is -0.584. The largest absolute Gasteiger partial charge is 0.457 e. The molecule has 5 heteroatoms. The molecule has 0 aromatic heterocycles. The number of hydrogen-bond acceptors (Lipinski definition) is 2. The lowest BCUT2D eigenvalue weighted by Crippen LogP contribution is -1.88. The molecular weight excluding hydrogens is 304 g/mol. The average Bonchev–Trinajstić information content (AvgIpc) is 2.26. The monoisotopic (exact) mass is 309 g/mol. The van der Waals surface area contributed by atoms with Gasteiger partial charge in [0.25, 0.3) is 0 Å². The van der Waals surface area contributed by atoms with E-state index in [0.717, 1.165) is 12.1 Å². The fourth-order valence-electron chi connectivity index (χ4n) is 1.41. The van der Waals surface area contributed by atoms with Crippen LogP contribution in [0.2, 0.25) is 0 Å². The number of nitrogens with zero attached hydrogens (tertiary/aromatic N) is 1. The SMILES string of the molecule is N#Cc1cc(F)cc(Oc2cc(F)cc(Br)c2)c1. The maximum absolute atomic E-state index is 13.2. The van der Waals surface area contributed by atoms with Crippen molar-refractivity contribution < 1.29 is 13.5 Å². The third-order valence-corrected chi connectivity index (χ3v) is 2.53. The first kappa shape index (κ1) is 12.5. The van der Waals surface area contributed by atoms with Gasteiger partial charge in [0.1, 0.15) is 23.1 Å². The molecule has 2 nitrogen and oxygen atoms in total. The number of benzene rings is 2. The molecule has 2 aromatic carbocycles. The van der Waals surface area contributed by atoms with Crippen LogP contribution in [-0.4, -0.2) is 0 Å². The van der Waals surface area contributed by atoms with Crippen LogP contribution in [0.4, 0.5) is 8.78 Å². The number of halogens is 3. The van der Waals surface area contributed by atoms with Gasteiger partial charge in [-0.3, -0.25) is 0 Å². The van der Waals surface area contributed by atoms with Gasteiger partial charge in [-0.05, 0) is 24.3 Å². The molecule has 2 rings (SSSR count). The van der Waals surface area contributed by atoms with Crippen molar-refractivity contribution in [2.45, 2.75) is 0 Å². The molecule has 0 radical (unpaired) electrons. The Hall–Kier alpha value is -1.93. The Morgan fingerprint density at radius 1 is 0.944 bits per heavy atom. The standard InChI is InChI=1S/C13H6BrF2NO/c14-9-3-11(16)6-13(4-9)18-12-2-8(7-17)1-10(15)5-12/h1-6H. The predicted molar refractivity (Wildman–Crippen MR) is 65.3 cm³/mol. The van der Waals surface area contributed by atoms with Crippen molar-refractivity contribution in [3.8, 4) is 17.6 Å². The smallest absolute Gasteiger partial charge is 0.131 e. The van der Waals surface area contributed by atoms with E-state index in [-0.39, 0.29) is 17.1 Å². The summed E-state index contributed by atoms with van der Waals surface area (Å²) in [6.45, 7) is 0. The van der Waals surface area contributed by atoms with Gasteiger partial charge in [-0.15, -0.1) is 0 Å². The maximum Gasteiger partial charge on any atom is 0.131 e. The van der Waals surface area contributed by atoms with E-state index in [2.05, 4.69) is 15.9 Å². The highest BCUT2D eigenvalue weighted by atomic mass is 79.9. The molecule has 0 saturated heterocycles. The Bertz CT molecular complexity index is 617. The lowest BCUT2D eigenvalue weighted by molar-refractivity contribution is 0.471. The Morgan fingerprint density at radius 2 is 1.56 bits per heavy atom. The molecule has 0 heterocycles. The zero-order valence-electron chi connectivity index (χ0n) is 8.95. The summed E-state index contributed by atoms with van der Waals surface area (Å²) in [5, 5.41) is 8.70. The first-order valence-electron chi connectivity index (χ1n) is 4.91. The highest BCUT2D eigenvalue weighted by molar-refractivity contribution is 9.10. The zero-order valence-corrected chi connectivity index (χ0v) is 10.5. The van der Waals surface area contributed by atoms with Crippen LogP contribution in [0.3, 0.4) is 0 Å². The van der Waals surface area contributed by atoms with Gasteiger partial charge in [-0.1, -0.05) is 15.9 Å². The Labute approximate surface area is 111 Å². The molecule has 0 spiro atoms. The topological polar surface area (TPSA) is 33.0 Å². The molecule has 0 N–H and O–H groups in total. The van der Waals surface area contributed by atoms with Gasteiger partial charge < -0.3 is 4.74 Å². The van der Waals surface area contributed by atoms with E-state index in [1.54, 1.807) is 6.07 Å². The molecule has 0 unspecified atom stereocenters. The summed E-state index contributed by atoms with van der Waals surface area (Å²) in [5.74, 6) is -0.698. The molecule has 0 aliphatic rings. The van der Waals surface area contributed by atoms with E-state index in [9.17, 15) is 8.78 Å². The first-order valence-corrected chi connectivity index (χ1v) is 5.71. The van der Waals surface area contributed by atoms with Gasteiger partial charge in [-0.2, -0.15) is 5.26 Å². The molecule has 90 valence electrons. The van der Waals surface area contributed by atoms with E-state index in [1.807, 2.05) is 6.07 Å². The molecular formula is C13H6BrF2NO. The van der Waals surface area contributed by atoms with Gasteiger partial charge >= 0.3 is 0 Å². The highest BCUT2D eigenvalue weighted by Gasteiger charge is 2.05. The summed E-state index contributed by atoms with van der Waals surface area (Å²) in [6, 6.07) is 9.39. The van der Waals surface area contributed by atoms with E-state index in [4.69, 9.17) is 10.00 Å². The Balaban J connectivity index is 2.34. The second-order valence-electron chi connectivity index (χ2n) is 3.49. The number of ether oxygens (including phenoxy) is 1. The Morgan fingerprint density at radius 3 is 2.17 bits per heavy atom. The molecule has 2 aromatic rings.